The second-order valence-electron chi connectivity index (χ2n) is 3.99. The Morgan fingerprint density at radius 2 is 1.86 bits per heavy atom. The third-order valence-electron chi connectivity index (χ3n) is 3.00. The first-order chi connectivity index (χ1) is 6.79. The fraction of sp³-hybridized carbons (Fsp3) is 0.417. The molecule has 1 aromatic rings. The third-order valence-corrected chi connectivity index (χ3v) is 3.00. The molecule has 1 N–H and O–H groups in total. The predicted octanol–water partition coefficient (Wildman–Crippen LogP) is 1.68. The predicted molar refractivity (Wildman–Crippen MR) is 53.6 cm³/mol. The molecule has 0 heterocycles. The normalized spacial score (nSPS) is 17.4. The van der Waals surface area contributed by atoms with Crippen molar-refractivity contribution in [2.75, 3.05) is 6.61 Å². The summed E-state index contributed by atoms with van der Waals surface area (Å²) in [6.07, 6.45) is 2.17. The fourth-order valence-electron chi connectivity index (χ4n) is 2.22. The van der Waals surface area contributed by atoms with E-state index in [4.69, 9.17) is 10.4 Å². The quantitative estimate of drug-likeness (QED) is 0.765. The third kappa shape index (κ3) is 1.40. The lowest BCUT2D eigenvalue weighted by atomic mass is 9.83. The minimum atomic E-state index is -0.349. The first-order valence-electron chi connectivity index (χ1n) is 4.88. The van der Waals surface area contributed by atoms with Crippen molar-refractivity contribution in [2.24, 2.45) is 5.41 Å². The SMILES string of the molecule is N#CC1(CCO)Cc2ccccc2C1. The largest absolute Gasteiger partial charge is 0.396 e. The van der Waals surface area contributed by atoms with Crippen LogP contribution in [0.3, 0.4) is 0 Å². The van der Waals surface area contributed by atoms with E-state index < -0.39 is 0 Å². The number of nitriles is 1. The van der Waals surface area contributed by atoms with Gasteiger partial charge in [-0.05, 0) is 30.4 Å². The Bertz CT molecular complexity index is 353. The zero-order chi connectivity index (χ0) is 10.0. The van der Waals surface area contributed by atoms with Gasteiger partial charge in [-0.2, -0.15) is 5.26 Å². The highest BCUT2D eigenvalue weighted by Crippen LogP contribution is 2.38. The molecule has 72 valence electrons. The van der Waals surface area contributed by atoms with Crippen molar-refractivity contribution in [3.8, 4) is 6.07 Å². The van der Waals surface area contributed by atoms with Gasteiger partial charge in [-0.1, -0.05) is 24.3 Å². The second-order valence-corrected chi connectivity index (χ2v) is 3.99. The zero-order valence-electron chi connectivity index (χ0n) is 8.03. The highest BCUT2D eigenvalue weighted by molar-refractivity contribution is 5.36. The molecular formula is C12H13NO. The standard InChI is InChI=1S/C12H13NO/c13-9-12(5-6-14)7-10-3-1-2-4-11(10)8-12/h1-4,14H,5-8H2. The van der Waals surface area contributed by atoms with E-state index in [1.165, 1.54) is 11.1 Å². The summed E-state index contributed by atoms with van der Waals surface area (Å²) in [7, 11) is 0. The summed E-state index contributed by atoms with van der Waals surface area (Å²) >= 11 is 0. The highest BCUT2D eigenvalue weighted by atomic mass is 16.3. The summed E-state index contributed by atoms with van der Waals surface area (Å²) in [5.74, 6) is 0. The van der Waals surface area contributed by atoms with Crippen LogP contribution in [0.25, 0.3) is 0 Å². The van der Waals surface area contributed by atoms with Gasteiger partial charge in [-0.15, -0.1) is 0 Å². The van der Waals surface area contributed by atoms with Gasteiger partial charge in [0.25, 0.3) is 0 Å². The highest BCUT2D eigenvalue weighted by Gasteiger charge is 2.36. The summed E-state index contributed by atoms with van der Waals surface area (Å²) in [6, 6.07) is 10.5. The summed E-state index contributed by atoms with van der Waals surface area (Å²) in [5, 5.41) is 18.1. The maximum Gasteiger partial charge on any atom is 0.0697 e. The van der Waals surface area contributed by atoms with E-state index in [0.29, 0.717) is 6.42 Å². The lowest BCUT2D eigenvalue weighted by Crippen LogP contribution is -2.20. The summed E-state index contributed by atoms with van der Waals surface area (Å²) in [6.45, 7) is 0.0988. The van der Waals surface area contributed by atoms with Crippen LogP contribution in [0.1, 0.15) is 17.5 Å². The Balaban J connectivity index is 2.29. The minimum absolute atomic E-state index is 0.0988. The van der Waals surface area contributed by atoms with E-state index in [1.54, 1.807) is 0 Å². The lowest BCUT2D eigenvalue weighted by Gasteiger charge is -2.17. The van der Waals surface area contributed by atoms with Gasteiger partial charge in [0.2, 0.25) is 0 Å². The first kappa shape index (κ1) is 9.23. The Kier molecular flexibility index (Phi) is 2.26. The molecule has 0 radical (unpaired) electrons. The average molecular weight is 187 g/mol. The van der Waals surface area contributed by atoms with Crippen molar-refractivity contribution >= 4 is 0 Å². The number of benzene rings is 1. The summed E-state index contributed by atoms with van der Waals surface area (Å²) in [5.41, 5.74) is 2.18. The van der Waals surface area contributed by atoms with Crippen LogP contribution < -0.4 is 0 Å². The van der Waals surface area contributed by atoms with Crippen molar-refractivity contribution in [3.05, 3.63) is 35.4 Å². The van der Waals surface area contributed by atoms with Gasteiger partial charge in [0.15, 0.2) is 0 Å². The molecule has 0 aromatic heterocycles. The molecule has 0 unspecified atom stereocenters. The van der Waals surface area contributed by atoms with Crippen molar-refractivity contribution < 1.29 is 5.11 Å². The maximum atomic E-state index is 9.16. The van der Waals surface area contributed by atoms with Crippen LogP contribution in [-0.4, -0.2) is 11.7 Å². The van der Waals surface area contributed by atoms with Gasteiger partial charge in [-0.3, -0.25) is 0 Å². The number of aliphatic hydroxyl groups is 1. The van der Waals surface area contributed by atoms with E-state index in [1.807, 2.05) is 12.1 Å². The zero-order valence-corrected chi connectivity index (χ0v) is 8.03. The minimum Gasteiger partial charge on any atom is -0.396 e. The Morgan fingerprint density at radius 3 is 2.29 bits per heavy atom. The first-order valence-corrected chi connectivity index (χ1v) is 4.88. The van der Waals surface area contributed by atoms with Crippen molar-refractivity contribution in [1.29, 1.82) is 5.26 Å². The molecule has 1 aliphatic rings. The van der Waals surface area contributed by atoms with Gasteiger partial charge in [-0.25, -0.2) is 0 Å². The van der Waals surface area contributed by atoms with Crippen LogP contribution in [0.15, 0.2) is 24.3 Å². The van der Waals surface area contributed by atoms with Crippen LogP contribution in [0, 0.1) is 16.7 Å². The molecule has 0 spiro atoms. The van der Waals surface area contributed by atoms with Crippen LogP contribution in [0.5, 0.6) is 0 Å². The number of aliphatic hydroxyl groups excluding tert-OH is 1. The van der Waals surface area contributed by atoms with E-state index in [2.05, 4.69) is 18.2 Å². The molecule has 1 aliphatic carbocycles. The molecule has 0 bridgehead atoms. The fourth-order valence-corrected chi connectivity index (χ4v) is 2.22. The average Bonchev–Trinajstić information content (AvgIpc) is 2.57. The number of hydrogen-bond acceptors (Lipinski definition) is 2. The van der Waals surface area contributed by atoms with Crippen LogP contribution in [0.2, 0.25) is 0 Å². The van der Waals surface area contributed by atoms with Crippen LogP contribution in [0.4, 0.5) is 0 Å². The molecular weight excluding hydrogens is 174 g/mol. The van der Waals surface area contributed by atoms with Gasteiger partial charge >= 0.3 is 0 Å². The molecule has 2 rings (SSSR count). The summed E-state index contributed by atoms with van der Waals surface area (Å²) < 4.78 is 0. The van der Waals surface area contributed by atoms with E-state index >= 15 is 0 Å². The van der Waals surface area contributed by atoms with Crippen LogP contribution >= 0.6 is 0 Å². The van der Waals surface area contributed by atoms with E-state index in [0.717, 1.165) is 12.8 Å². The van der Waals surface area contributed by atoms with Gasteiger partial charge in [0.05, 0.1) is 11.5 Å². The molecule has 0 aliphatic heterocycles. The number of rotatable bonds is 2. The molecule has 0 amide bonds. The maximum absolute atomic E-state index is 9.16. The van der Waals surface area contributed by atoms with E-state index in [9.17, 15) is 0 Å². The van der Waals surface area contributed by atoms with Crippen molar-refractivity contribution in [2.45, 2.75) is 19.3 Å². The molecule has 2 heteroatoms. The topological polar surface area (TPSA) is 44.0 Å². The smallest absolute Gasteiger partial charge is 0.0697 e. The van der Waals surface area contributed by atoms with Gasteiger partial charge < -0.3 is 5.11 Å². The Morgan fingerprint density at radius 1 is 1.29 bits per heavy atom. The molecule has 14 heavy (non-hydrogen) atoms. The number of hydrogen-bond donors (Lipinski definition) is 1. The van der Waals surface area contributed by atoms with Crippen molar-refractivity contribution in [3.63, 3.8) is 0 Å². The second kappa shape index (κ2) is 3.43. The molecule has 0 saturated carbocycles. The molecule has 1 aromatic carbocycles. The van der Waals surface area contributed by atoms with E-state index in [-0.39, 0.29) is 12.0 Å². The van der Waals surface area contributed by atoms with Crippen molar-refractivity contribution in [1.82, 2.24) is 0 Å². The Hall–Kier alpha value is -1.33. The summed E-state index contributed by atoms with van der Waals surface area (Å²) in [4.78, 5) is 0. The lowest BCUT2D eigenvalue weighted by molar-refractivity contribution is 0.229. The monoisotopic (exact) mass is 187 g/mol. The van der Waals surface area contributed by atoms with Gasteiger partial charge in [0, 0.05) is 6.61 Å². The van der Waals surface area contributed by atoms with Gasteiger partial charge in [0.1, 0.15) is 0 Å². The molecule has 0 saturated heterocycles. The molecule has 0 fully saturated rings. The Labute approximate surface area is 83.8 Å². The molecule has 2 nitrogen and oxygen atoms in total. The molecule has 0 atom stereocenters. The number of nitrogens with zero attached hydrogens (tertiary/aromatic N) is 1. The number of fused-ring (bicyclic) bond motifs is 1. The van der Waals surface area contributed by atoms with Crippen LogP contribution in [-0.2, 0) is 12.8 Å².